The summed E-state index contributed by atoms with van der Waals surface area (Å²) in [4.78, 5) is 36.3. The van der Waals surface area contributed by atoms with E-state index in [0.717, 1.165) is 28.1 Å². The number of benzene rings is 3. The topological polar surface area (TPSA) is 132 Å². The number of nitrogens with one attached hydrogen (secondary N) is 2. The number of hydrogen-bond donors (Lipinski definition) is 2. The molecule has 0 fully saturated rings. The number of carbonyl (C=O) groups is 2. The fourth-order valence-corrected chi connectivity index (χ4v) is 4.70. The van der Waals surface area contributed by atoms with E-state index >= 15 is 0 Å². The van der Waals surface area contributed by atoms with Crippen molar-refractivity contribution in [2.75, 3.05) is 11.1 Å². The summed E-state index contributed by atoms with van der Waals surface area (Å²) in [6.45, 7) is 7.51. The largest absolute Gasteiger partial charge is 0.345 e. The van der Waals surface area contributed by atoms with Gasteiger partial charge in [-0.25, -0.2) is 0 Å². The van der Waals surface area contributed by atoms with Crippen LogP contribution < -0.4 is 10.6 Å². The summed E-state index contributed by atoms with van der Waals surface area (Å²) in [6.07, 6.45) is 0. The molecule has 4 aromatic rings. The highest BCUT2D eigenvalue weighted by atomic mass is 32.2. The van der Waals surface area contributed by atoms with Crippen molar-refractivity contribution in [3.8, 4) is 5.69 Å². The number of hydrogen-bond acceptors (Lipinski definition) is 7. The minimum atomic E-state index is -0.513. The smallest absolute Gasteiger partial charge is 0.273 e. The molecule has 39 heavy (non-hydrogen) atoms. The molecule has 0 aliphatic rings. The Morgan fingerprint density at radius 3 is 2.44 bits per heavy atom. The number of aryl methyl sites for hydroxylation is 4. The van der Waals surface area contributed by atoms with Gasteiger partial charge in [-0.2, -0.15) is 0 Å². The molecule has 1 aromatic heterocycles. The van der Waals surface area contributed by atoms with Gasteiger partial charge in [0, 0.05) is 28.6 Å². The number of nitro groups is 1. The molecule has 0 unspecified atom stereocenters. The van der Waals surface area contributed by atoms with Crippen LogP contribution in [-0.4, -0.2) is 37.3 Å². The van der Waals surface area contributed by atoms with E-state index in [2.05, 4.69) is 20.8 Å². The Hall–Kier alpha value is -4.51. The third-order valence-electron chi connectivity index (χ3n) is 6.03. The monoisotopic (exact) mass is 544 g/mol. The maximum Gasteiger partial charge on any atom is 0.273 e. The van der Waals surface area contributed by atoms with Gasteiger partial charge in [0.05, 0.1) is 17.2 Å². The minimum absolute atomic E-state index is 0.0245. The first-order valence-corrected chi connectivity index (χ1v) is 13.2. The highest BCUT2D eigenvalue weighted by molar-refractivity contribution is 7.99. The molecule has 2 amide bonds. The van der Waals surface area contributed by atoms with Gasteiger partial charge in [-0.05, 0) is 68.7 Å². The van der Waals surface area contributed by atoms with E-state index in [0.29, 0.717) is 16.5 Å². The van der Waals surface area contributed by atoms with Gasteiger partial charge in [-0.15, -0.1) is 10.2 Å². The van der Waals surface area contributed by atoms with Crippen molar-refractivity contribution in [3.63, 3.8) is 0 Å². The molecular weight excluding hydrogens is 516 g/mol. The molecule has 0 spiro atoms. The fraction of sp³-hybridized carbons (Fsp3) is 0.214. The molecule has 0 saturated heterocycles. The Morgan fingerprint density at radius 1 is 0.949 bits per heavy atom. The number of carbonyl (C=O) groups excluding carboxylic acids is 2. The van der Waals surface area contributed by atoms with Crippen molar-refractivity contribution in [1.29, 1.82) is 0 Å². The quantitative estimate of drug-likeness (QED) is 0.171. The molecule has 4 rings (SSSR count). The second kappa shape index (κ2) is 11.9. The van der Waals surface area contributed by atoms with E-state index in [-0.39, 0.29) is 29.5 Å². The lowest BCUT2D eigenvalue weighted by Gasteiger charge is -2.12. The maximum absolute atomic E-state index is 12.8. The molecule has 0 aliphatic heterocycles. The van der Waals surface area contributed by atoms with Gasteiger partial charge < -0.3 is 10.6 Å². The van der Waals surface area contributed by atoms with Crippen LogP contribution in [0, 0.1) is 37.8 Å². The summed E-state index contributed by atoms with van der Waals surface area (Å²) in [7, 11) is 0. The van der Waals surface area contributed by atoms with Gasteiger partial charge >= 0.3 is 0 Å². The Labute approximate surface area is 230 Å². The SMILES string of the molecule is Cc1cccc(-n2c(CNC(=O)c3ccc(C)c([N+](=O)[O-])c3)nnc2SCC(=O)Nc2cc(C)ccc2C)c1. The van der Waals surface area contributed by atoms with Gasteiger partial charge in [0.15, 0.2) is 11.0 Å². The van der Waals surface area contributed by atoms with E-state index in [1.165, 1.54) is 17.8 Å². The highest BCUT2D eigenvalue weighted by Crippen LogP contribution is 2.24. The minimum Gasteiger partial charge on any atom is -0.345 e. The van der Waals surface area contributed by atoms with E-state index in [1.807, 2.05) is 63.2 Å². The van der Waals surface area contributed by atoms with Crippen molar-refractivity contribution in [1.82, 2.24) is 20.1 Å². The highest BCUT2D eigenvalue weighted by Gasteiger charge is 2.19. The number of thioether (sulfide) groups is 1. The van der Waals surface area contributed by atoms with Gasteiger partial charge in [0.2, 0.25) is 5.91 Å². The summed E-state index contributed by atoms with van der Waals surface area (Å²) in [5.74, 6) is -0.0909. The van der Waals surface area contributed by atoms with Crippen LogP contribution in [0.25, 0.3) is 5.69 Å². The second-order valence-corrected chi connectivity index (χ2v) is 10.1. The predicted octanol–water partition coefficient (Wildman–Crippen LogP) is 5.07. The molecule has 0 atom stereocenters. The average Bonchev–Trinajstić information content (AvgIpc) is 3.31. The Kier molecular flexibility index (Phi) is 8.40. The molecule has 3 aromatic carbocycles. The van der Waals surface area contributed by atoms with E-state index in [9.17, 15) is 19.7 Å². The van der Waals surface area contributed by atoms with Gasteiger partial charge in [0.25, 0.3) is 11.6 Å². The molecule has 200 valence electrons. The van der Waals surface area contributed by atoms with E-state index in [4.69, 9.17) is 0 Å². The lowest BCUT2D eigenvalue weighted by Crippen LogP contribution is -2.25. The molecule has 0 bridgehead atoms. The van der Waals surface area contributed by atoms with Crippen molar-refractivity contribution >= 4 is 35.0 Å². The third kappa shape index (κ3) is 6.68. The average molecular weight is 545 g/mol. The molecule has 10 nitrogen and oxygen atoms in total. The van der Waals surface area contributed by atoms with E-state index in [1.54, 1.807) is 23.6 Å². The summed E-state index contributed by atoms with van der Waals surface area (Å²) < 4.78 is 1.79. The molecule has 11 heteroatoms. The number of aromatic nitrogens is 3. The molecule has 0 radical (unpaired) electrons. The fourth-order valence-electron chi connectivity index (χ4n) is 3.93. The zero-order valence-electron chi connectivity index (χ0n) is 22.0. The van der Waals surface area contributed by atoms with Crippen LogP contribution in [0.1, 0.15) is 38.4 Å². The van der Waals surface area contributed by atoms with Crippen LogP contribution in [0.15, 0.2) is 65.8 Å². The summed E-state index contributed by atoms with van der Waals surface area (Å²) in [5, 5.41) is 26.0. The number of nitrogens with zero attached hydrogens (tertiary/aromatic N) is 4. The van der Waals surface area contributed by atoms with Crippen molar-refractivity contribution in [2.24, 2.45) is 0 Å². The van der Waals surface area contributed by atoms with Crippen molar-refractivity contribution < 1.29 is 14.5 Å². The maximum atomic E-state index is 12.8. The van der Waals surface area contributed by atoms with Crippen LogP contribution >= 0.6 is 11.8 Å². The summed E-state index contributed by atoms with van der Waals surface area (Å²) in [5.41, 5.74) is 5.11. The Morgan fingerprint density at radius 2 is 1.69 bits per heavy atom. The standard InChI is InChI=1S/C28H28N6O4S/c1-17-6-5-7-22(12-17)33-25(15-29-27(36)21-11-10-20(4)24(14-21)34(37)38)31-32-28(33)39-16-26(35)30-23-13-18(2)8-9-19(23)3/h5-14H,15-16H2,1-4H3,(H,29,36)(H,30,35). The van der Waals surface area contributed by atoms with Crippen LogP contribution in [0.3, 0.4) is 0 Å². The second-order valence-electron chi connectivity index (χ2n) is 9.17. The Bertz CT molecular complexity index is 1570. The zero-order valence-corrected chi connectivity index (χ0v) is 22.8. The third-order valence-corrected chi connectivity index (χ3v) is 6.96. The number of nitro benzene ring substituents is 1. The van der Waals surface area contributed by atoms with Crippen LogP contribution in [0.2, 0.25) is 0 Å². The van der Waals surface area contributed by atoms with Crippen LogP contribution in [0.4, 0.5) is 11.4 Å². The normalized spacial score (nSPS) is 10.8. The molecule has 0 saturated carbocycles. The van der Waals surface area contributed by atoms with E-state index < -0.39 is 10.8 Å². The van der Waals surface area contributed by atoms with Crippen LogP contribution in [0.5, 0.6) is 0 Å². The van der Waals surface area contributed by atoms with Gasteiger partial charge in [-0.3, -0.25) is 24.3 Å². The van der Waals surface area contributed by atoms with Crippen molar-refractivity contribution in [3.05, 3.63) is 104 Å². The first kappa shape index (κ1) is 27.5. The number of amides is 2. The number of anilines is 1. The van der Waals surface area contributed by atoms with Gasteiger partial charge in [-0.1, -0.05) is 42.1 Å². The molecule has 2 N–H and O–H groups in total. The molecule has 1 heterocycles. The molecule has 0 aliphatic carbocycles. The lowest BCUT2D eigenvalue weighted by atomic mass is 10.1. The van der Waals surface area contributed by atoms with Crippen molar-refractivity contribution in [2.45, 2.75) is 39.4 Å². The first-order chi connectivity index (χ1) is 18.6. The van der Waals surface area contributed by atoms with Gasteiger partial charge in [0.1, 0.15) is 0 Å². The predicted molar refractivity (Wildman–Crippen MR) is 150 cm³/mol. The molecular formula is C28H28N6O4S. The lowest BCUT2D eigenvalue weighted by molar-refractivity contribution is -0.385. The summed E-state index contributed by atoms with van der Waals surface area (Å²) in [6, 6.07) is 17.9. The zero-order chi connectivity index (χ0) is 28.1. The van der Waals surface area contributed by atoms with Crippen LogP contribution in [-0.2, 0) is 11.3 Å². The number of rotatable bonds is 9. The Balaban J connectivity index is 1.53. The first-order valence-electron chi connectivity index (χ1n) is 12.2. The summed E-state index contributed by atoms with van der Waals surface area (Å²) >= 11 is 1.23.